The van der Waals surface area contributed by atoms with Crippen LogP contribution in [0.25, 0.3) is 0 Å². The summed E-state index contributed by atoms with van der Waals surface area (Å²) in [5.41, 5.74) is 8.88. The van der Waals surface area contributed by atoms with E-state index in [4.69, 9.17) is 5.73 Å². The molecule has 0 aliphatic carbocycles. The van der Waals surface area contributed by atoms with Gasteiger partial charge >= 0.3 is 0 Å². The van der Waals surface area contributed by atoms with Gasteiger partial charge in [-0.2, -0.15) is 0 Å². The number of hydrogen-bond acceptors (Lipinski definition) is 3. The van der Waals surface area contributed by atoms with E-state index in [1.165, 1.54) is 5.56 Å². The molecule has 1 heterocycles. The molecule has 3 N–H and O–H groups in total. The lowest BCUT2D eigenvalue weighted by molar-refractivity contribution is 0.147. The average molecular weight is 242 g/mol. The summed E-state index contributed by atoms with van der Waals surface area (Å²) in [5.74, 6) is -0.101. The van der Waals surface area contributed by atoms with Gasteiger partial charge < -0.3 is 10.8 Å². The number of nitrogens with zero attached hydrogens (tertiary/aromatic N) is 1. The van der Waals surface area contributed by atoms with E-state index in [0.717, 1.165) is 11.1 Å². The Labute approximate surface area is 107 Å². The van der Waals surface area contributed by atoms with Gasteiger partial charge in [0.15, 0.2) is 0 Å². The van der Waals surface area contributed by atoms with Crippen LogP contribution in [0, 0.1) is 6.92 Å². The molecule has 0 saturated heterocycles. The summed E-state index contributed by atoms with van der Waals surface area (Å²) in [5, 5.41) is 10.4. The summed E-state index contributed by atoms with van der Waals surface area (Å²) in [6.07, 6.45) is 2.86. The number of aliphatic hydroxyl groups is 1. The van der Waals surface area contributed by atoms with Crippen LogP contribution in [0.2, 0.25) is 0 Å². The van der Waals surface area contributed by atoms with Gasteiger partial charge in [-0.15, -0.1) is 0 Å². The smallest absolute Gasteiger partial charge is 0.0870 e. The van der Waals surface area contributed by atoms with Crippen molar-refractivity contribution in [3.63, 3.8) is 0 Å². The second kappa shape index (κ2) is 5.76. The van der Waals surface area contributed by atoms with Gasteiger partial charge in [0.2, 0.25) is 0 Å². The summed E-state index contributed by atoms with van der Waals surface area (Å²) < 4.78 is 0. The van der Waals surface area contributed by atoms with Gasteiger partial charge in [-0.05, 0) is 30.2 Å². The monoisotopic (exact) mass is 242 g/mol. The Morgan fingerprint density at radius 2 is 1.67 bits per heavy atom. The zero-order valence-corrected chi connectivity index (χ0v) is 10.5. The fourth-order valence-electron chi connectivity index (χ4n) is 2.05. The molecule has 0 saturated carbocycles. The number of nitrogens with two attached hydrogens (primary N) is 1. The fraction of sp³-hybridized carbons (Fsp3) is 0.267. The van der Waals surface area contributed by atoms with E-state index in [-0.39, 0.29) is 5.92 Å². The molecule has 94 valence electrons. The standard InChI is InChI=1S/C15H18N2O/c1-11-2-4-13(5-3-11)15(18)14(10-16)12-6-8-17-9-7-12/h2-9,14-15,18H,10,16H2,1H3. The largest absolute Gasteiger partial charge is 0.388 e. The van der Waals surface area contributed by atoms with Crippen molar-refractivity contribution in [1.29, 1.82) is 0 Å². The highest BCUT2D eigenvalue weighted by atomic mass is 16.3. The molecule has 0 aliphatic heterocycles. The Morgan fingerprint density at radius 1 is 1.06 bits per heavy atom. The summed E-state index contributed by atoms with van der Waals surface area (Å²) >= 11 is 0. The SMILES string of the molecule is Cc1ccc(C(O)C(CN)c2ccncc2)cc1. The van der Waals surface area contributed by atoms with Gasteiger partial charge in [0.25, 0.3) is 0 Å². The van der Waals surface area contributed by atoms with Crippen LogP contribution in [-0.4, -0.2) is 16.6 Å². The highest BCUT2D eigenvalue weighted by Crippen LogP contribution is 2.29. The number of aromatic nitrogens is 1. The maximum Gasteiger partial charge on any atom is 0.0870 e. The summed E-state index contributed by atoms with van der Waals surface area (Å²) in [6.45, 7) is 2.43. The number of benzene rings is 1. The molecular weight excluding hydrogens is 224 g/mol. The van der Waals surface area contributed by atoms with E-state index in [1.54, 1.807) is 12.4 Å². The van der Waals surface area contributed by atoms with Gasteiger partial charge in [0, 0.05) is 24.9 Å². The van der Waals surface area contributed by atoms with E-state index in [9.17, 15) is 5.11 Å². The number of aliphatic hydroxyl groups excluding tert-OH is 1. The normalized spacial score (nSPS) is 14.2. The molecule has 1 aromatic heterocycles. The summed E-state index contributed by atoms with van der Waals surface area (Å²) in [4.78, 5) is 3.98. The maximum atomic E-state index is 10.4. The van der Waals surface area contributed by atoms with E-state index < -0.39 is 6.10 Å². The first-order valence-electron chi connectivity index (χ1n) is 6.07. The van der Waals surface area contributed by atoms with E-state index in [1.807, 2.05) is 43.3 Å². The van der Waals surface area contributed by atoms with Gasteiger partial charge in [-0.1, -0.05) is 29.8 Å². The van der Waals surface area contributed by atoms with Gasteiger partial charge in [-0.3, -0.25) is 4.98 Å². The van der Waals surface area contributed by atoms with Crippen molar-refractivity contribution in [3.05, 3.63) is 65.5 Å². The molecule has 0 bridgehead atoms. The first-order chi connectivity index (χ1) is 8.72. The van der Waals surface area contributed by atoms with Crippen LogP contribution >= 0.6 is 0 Å². The topological polar surface area (TPSA) is 59.1 Å². The molecule has 1 aromatic carbocycles. The van der Waals surface area contributed by atoms with Crippen LogP contribution in [0.4, 0.5) is 0 Å². The molecule has 0 spiro atoms. The van der Waals surface area contributed by atoms with Crippen molar-refractivity contribution in [2.45, 2.75) is 18.9 Å². The third-order valence-electron chi connectivity index (χ3n) is 3.19. The Bertz CT molecular complexity index is 482. The third-order valence-corrected chi connectivity index (χ3v) is 3.19. The molecule has 0 fully saturated rings. The van der Waals surface area contributed by atoms with E-state index in [0.29, 0.717) is 6.54 Å². The lowest BCUT2D eigenvalue weighted by Gasteiger charge is -2.22. The first-order valence-corrected chi connectivity index (χ1v) is 6.07. The van der Waals surface area contributed by atoms with Gasteiger partial charge in [0.05, 0.1) is 6.10 Å². The van der Waals surface area contributed by atoms with E-state index in [2.05, 4.69) is 4.98 Å². The van der Waals surface area contributed by atoms with Crippen molar-refractivity contribution in [1.82, 2.24) is 4.98 Å². The van der Waals surface area contributed by atoms with Crippen LogP contribution in [-0.2, 0) is 0 Å². The van der Waals surface area contributed by atoms with Crippen LogP contribution in [0.5, 0.6) is 0 Å². The Morgan fingerprint density at radius 3 is 2.22 bits per heavy atom. The van der Waals surface area contributed by atoms with Crippen LogP contribution in [0.3, 0.4) is 0 Å². The number of aryl methyl sites for hydroxylation is 1. The van der Waals surface area contributed by atoms with Crippen molar-refractivity contribution in [2.75, 3.05) is 6.54 Å². The summed E-state index contributed by atoms with van der Waals surface area (Å²) in [6, 6.07) is 11.7. The minimum absolute atomic E-state index is 0.101. The van der Waals surface area contributed by atoms with Gasteiger partial charge in [0.1, 0.15) is 0 Å². The maximum absolute atomic E-state index is 10.4. The molecule has 3 nitrogen and oxygen atoms in total. The Kier molecular flexibility index (Phi) is 4.07. The minimum Gasteiger partial charge on any atom is -0.388 e. The average Bonchev–Trinajstić information content (AvgIpc) is 2.41. The molecule has 2 unspecified atom stereocenters. The third kappa shape index (κ3) is 2.75. The van der Waals surface area contributed by atoms with Gasteiger partial charge in [-0.25, -0.2) is 0 Å². The first kappa shape index (κ1) is 12.7. The predicted octanol–water partition coefficient (Wildman–Crippen LogP) is 2.17. The quantitative estimate of drug-likeness (QED) is 0.863. The molecule has 0 aliphatic rings. The number of pyridine rings is 1. The molecular formula is C15H18N2O. The molecule has 2 aromatic rings. The Hall–Kier alpha value is -1.71. The highest BCUT2D eigenvalue weighted by Gasteiger charge is 2.21. The van der Waals surface area contributed by atoms with E-state index >= 15 is 0 Å². The molecule has 0 radical (unpaired) electrons. The summed E-state index contributed by atoms with van der Waals surface area (Å²) in [7, 11) is 0. The van der Waals surface area contributed by atoms with Crippen molar-refractivity contribution >= 4 is 0 Å². The Balaban J connectivity index is 2.25. The van der Waals surface area contributed by atoms with Crippen LogP contribution in [0.1, 0.15) is 28.7 Å². The number of rotatable bonds is 4. The second-order valence-corrected chi connectivity index (χ2v) is 4.48. The lowest BCUT2D eigenvalue weighted by atomic mass is 9.89. The second-order valence-electron chi connectivity index (χ2n) is 4.48. The van der Waals surface area contributed by atoms with Crippen LogP contribution < -0.4 is 5.73 Å². The molecule has 2 rings (SSSR count). The molecule has 3 heteroatoms. The van der Waals surface area contributed by atoms with Crippen molar-refractivity contribution in [3.8, 4) is 0 Å². The molecule has 0 amide bonds. The zero-order valence-electron chi connectivity index (χ0n) is 10.5. The van der Waals surface area contributed by atoms with Crippen molar-refractivity contribution in [2.24, 2.45) is 5.73 Å². The fourth-order valence-corrected chi connectivity index (χ4v) is 2.05. The highest BCUT2D eigenvalue weighted by molar-refractivity contribution is 5.28. The zero-order chi connectivity index (χ0) is 13.0. The number of hydrogen-bond donors (Lipinski definition) is 2. The lowest BCUT2D eigenvalue weighted by Crippen LogP contribution is -2.20. The van der Waals surface area contributed by atoms with Crippen molar-refractivity contribution < 1.29 is 5.11 Å². The molecule has 2 atom stereocenters. The minimum atomic E-state index is -0.585. The predicted molar refractivity (Wildman–Crippen MR) is 72.2 cm³/mol. The molecule has 18 heavy (non-hydrogen) atoms. The van der Waals surface area contributed by atoms with Crippen LogP contribution in [0.15, 0.2) is 48.8 Å².